The highest BCUT2D eigenvalue weighted by Gasteiger charge is 2.33. The van der Waals surface area contributed by atoms with Crippen LogP contribution in [0.3, 0.4) is 0 Å². The first-order chi connectivity index (χ1) is 14.0. The zero-order chi connectivity index (χ0) is 20.5. The number of rotatable bonds is 4. The van der Waals surface area contributed by atoms with Crippen LogP contribution < -0.4 is 5.43 Å². The molecule has 4 rings (SSSR count). The van der Waals surface area contributed by atoms with Crippen molar-refractivity contribution in [3.05, 3.63) is 58.8 Å². The topological polar surface area (TPSA) is 48.3 Å². The molecular weight excluding hydrogens is 362 g/mol. The molecule has 29 heavy (non-hydrogen) atoms. The van der Waals surface area contributed by atoms with Crippen molar-refractivity contribution in [2.24, 2.45) is 17.8 Å². The average Bonchev–Trinajstić information content (AvgIpc) is 2.71. The highest BCUT2D eigenvalue weighted by molar-refractivity contribution is 5.94. The molecule has 3 atom stereocenters. The Hall–Kier alpha value is -2.62. The van der Waals surface area contributed by atoms with Gasteiger partial charge in [-0.25, -0.2) is 0 Å². The number of pyridine rings is 1. The van der Waals surface area contributed by atoms with E-state index < -0.39 is 0 Å². The Balaban J connectivity index is 1.69. The maximum absolute atomic E-state index is 13.0. The third kappa shape index (κ3) is 3.81. The molecular formula is C25H29NO3. The number of benzene rings is 2. The van der Waals surface area contributed by atoms with E-state index in [-0.39, 0.29) is 24.0 Å². The van der Waals surface area contributed by atoms with Crippen LogP contribution >= 0.6 is 0 Å². The van der Waals surface area contributed by atoms with E-state index in [4.69, 9.17) is 4.74 Å². The molecule has 3 aromatic rings. The van der Waals surface area contributed by atoms with Crippen LogP contribution in [-0.2, 0) is 16.1 Å². The van der Waals surface area contributed by atoms with E-state index >= 15 is 0 Å². The zero-order valence-electron chi connectivity index (χ0n) is 17.4. The average molecular weight is 392 g/mol. The number of carbonyl (C=O) groups excluding carboxylic acids is 1. The van der Waals surface area contributed by atoms with Crippen molar-refractivity contribution in [2.75, 3.05) is 0 Å². The third-order valence-electron chi connectivity index (χ3n) is 6.41. The minimum absolute atomic E-state index is 0.00166. The second kappa shape index (κ2) is 8.02. The molecule has 0 radical (unpaired) electrons. The van der Waals surface area contributed by atoms with Gasteiger partial charge >= 0.3 is 5.97 Å². The van der Waals surface area contributed by atoms with Crippen LogP contribution in [0.2, 0.25) is 0 Å². The smallest absolute Gasteiger partial charge is 0.326 e. The molecule has 0 aliphatic heterocycles. The molecule has 0 N–H and O–H groups in total. The van der Waals surface area contributed by atoms with Crippen molar-refractivity contribution < 1.29 is 9.53 Å². The fourth-order valence-corrected chi connectivity index (χ4v) is 4.83. The highest BCUT2D eigenvalue weighted by atomic mass is 16.5. The van der Waals surface area contributed by atoms with E-state index in [2.05, 4.69) is 20.8 Å². The zero-order valence-corrected chi connectivity index (χ0v) is 17.4. The standard InChI is InChI=1S/C25H29NO3/c1-16(2)18-13-12-17(3)14-23(18)29-24(27)15-26-21-10-6-4-8-19(21)25(28)20-9-5-7-11-22(20)26/h4-11,16-18,23H,12-15H2,1-3H3. The van der Waals surface area contributed by atoms with E-state index in [1.807, 2.05) is 53.1 Å². The van der Waals surface area contributed by atoms with Crippen LogP contribution in [0.5, 0.6) is 0 Å². The molecule has 1 saturated carbocycles. The summed E-state index contributed by atoms with van der Waals surface area (Å²) in [5.74, 6) is 1.26. The van der Waals surface area contributed by atoms with E-state index in [9.17, 15) is 9.59 Å². The number of carbonyl (C=O) groups is 1. The summed E-state index contributed by atoms with van der Waals surface area (Å²) in [4.78, 5) is 25.9. The Bertz CT molecular complexity index is 1040. The van der Waals surface area contributed by atoms with Gasteiger partial charge in [0.05, 0.1) is 11.0 Å². The minimum atomic E-state index is -0.228. The fraction of sp³-hybridized carbons (Fsp3) is 0.440. The van der Waals surface area contributed by atoms with Gasteiger partial charge in [-0.15, -0.1) is 0 Å². The monoisotopic (exact) mass is 391 g/mol. The molecule has 0 bridgehead atoms. The Morgan fingerprint density at radius 3 is 2.21 bits per heavy atom. The second-order valence-electron chi connectivity index (χ2n) is 8.80. The Morgan fingerprint density at radius 2 is 1.62 bits per heavy atom. The van der Waals surface area contributed by atoms with E-state index in [0.717, 1.165) is 23.9 Å². The Morgan fingerprint density at radius 1 is 1.03 bits per heavy atom. The number of para-hydroxylation sites is 2. The number of hydrogen-bond donors (Lipinski definition) is 0. The van der Waals surface area contributed by atoms with Crippen molar-refractivity contribution in [1.82, 2.24) is 4.57 Å². The minimum Gasteiger partial charge on any atom is -0.461 e. The molecule has 1 aliphatic rings. The van der Waals surface area contributed by atoms with Crippen LogP contribution in [0.4, 0.5) is 0 Å². The van der Waals surface area contributed by atoms with Crippen LogP contribution in [0.25, 0.3) is 21.8 Å². The maximum atomic E-state index is 13.0. The first-order valence-electron chi connectivity index (χ1n) is 10.7. The van der Waals surface area contributed by atoms with Crippen molar-refractivity contribution in [2.45, 2.75) is 52.7 Å². The molecule has 0 spiro atoms. The van der Waals surface area contributed by atoms with Crippen molar-refractivity contribution in [1.29, 1.82) is 0 Å². The number of nitrogens with zero attached hydrogens (tertiary/aromatic N) is 1. The van der Waals surface area contributed by atoms with Crippen LogP contribution in [0.1, 0.15) is 40.0 Å². The van der Waals surface area contributed by atoms with Gasteiger partial charge in [-0.2, -0.15) is 0 Å². The molecule has 1 heterocycles. The Kier molecular flexibility index (Phi) is 5.44. The number of fused-ring (bicyclic) bond motifs is 2. The Labute approximate surface area is 171 Å². The molecule has 1 aliphatic carbocycles. The summed E-state index contributed by atoms with van der Waals surface area (Å²) < 4.78 is 7.95. The van der Waals surface area contributed by atoms with Gasteiger partial charge in [0.2, 0.25) is 0 Å². The number of ether oxygens (including phenoxy) is 1. The lowest BCUT2D eigenvalue weighted by atomic mass is 9.75. The summed E-state index contributed by atoms with van der Waals surface area (Å²) in [6.45, 7) is 6.77. The predicted octanol–water partition coefficient (Wildman–Crippen LogP) is 5.16. The van der Waals surface area contributed by atoms with E-state index in [1.54, 1.807) is 0 Å². The van der Waals surface area contributed by atoms with E-state index in [0.29, 0.717) is 28.5 Å². The molecule has 4 nitrogen and oxygen atoms in total. The third-order valence-corrected chi connectivity index (χ3v) is 6.41. The maximum Gasteiger partial charge on any atom is 0.326 e. The first kappa shape index (κ1) is 19.7. The van der Waals surface area contributed by atoms with Gasteiger partial charge < -0.3 is 9.30 Å². The van der Waals surface area contributed by atoms with Gasteiger partial charge in [-0.05, 0) is 54.9 Å². The molecule has 2 aromatic carbocycles. The molecule has 4 heteroatoms. The van der Waals surface area contributed by atoms with Gasteiger partial charge in [0.25, 0.3) is 0 Å². The molecule has 1 fully saturated rings. The predicted molar refractivity (Wildman–Crippen MR) is 117 cm³/mol. The summed E-state index contributed by atoms with van der Waals surface area (Å²) in [5.41, 5.74) is 1.54. The quantitative estimate of drug-likeness (QED) is 0.456. The normalized spacial score (nSPS) is 22.3. The van der Waals surface area contributed by atoms with Gasteiger partial charge in [0, 0.05) is 10.8 Å². The molecule has 1 aromatic heterocycles. The van der Waals surface area contributed by atoms with Crippen molar-refractivity contribution in [3.8, 4) is 0 Å². The first-order valence-corrected chi connectivity index (χ1v) is 10.7. The molecule has 0 amide bonds. The van der Waals surface area contributed by atoms with Gasteiger partial charge in [0.15, 0.2) is 5.43 Å². The number of hydrogen-bond acceptors (Lipinski definition) is 3. The van der Waals surface area contributed by atoms with Crippen molar-refractivity contribution >= 4 is 27.8 Å². The molecule has 3 unspecified atom stereocenters. The summed E-state index contributed by atoms with van der Waals surface area (Å²) >= 11 is 0. The van der Waals surface area contributed by atoms with Gasteiger partial charge in [-0.1, -0.05) is 51.5 Å². The number of aromatic nitrogens is 1. The summed E-state index contributed by atoms with van der Waals surface area (Å²) in [7, 11) is 0. The lowest BCUT2D eigenvalue weighted by Crippen LogP contribution is -2.36. The molecule has 0 saturated heterocycles. The van der Waals surface area contributed by atoms with Crippen LogP contribution in [-0.4, -0.2) is 16.6 Å². The van der Waals surface area contributed by atoms with Gasteiger partial charge in [-0.3, -0.25) is 9.59 Å². The molecule has 152 valence electrons. The van der Waals surface area contributed by atoms with E-state index in [1.165, 1.54) is 6.42 Å². The lowest BCUT2D eigenvalue weighted by Gasteiger charge is -2.36. The summed E-state index contributed by atoms with van der Waals surface area (Å²) in [6.07, 6.45) is 3.22. The lowest BCUT2D eigenvalue weighted by molar-refractivity contribution is -0.156. The summed E-state index contributed by atoms with van der Waals surface area (Å²) in [5, 5.41) is 1.26. The SMILES string of the molecule is CC1CCC(C(C)C)C(OC(=O)Cn2c3ccccc3c(=O)c3ccccc32)C1. The van der Waals surface area contributed by atoms with Crippen LogP contribution in [0.15, 0.2) is 53.3 Å². The highest BCUT2D eigenvalue weighted by Crippen LogP contribution is 2.35. The summed E-state index contributed by atoms with van der Waals surface area (Å²) in [6, 6.07) is 15.0. The van der Waals surface area contributed by atoms with Crippen LogP contribution in [0, 0.1) is 17.8 Å². The largest absolute Gasteiger partial charge is 0.461 e. The fourth-order valence-electron chi connectivity index (χ4n) is 4.83. The van der Waals surface area contributed by atoms with Crippen molar-refractivity contribution in [3.63, 3.8) is 0 Å². The van der Waals surface area contributed by atoms with Gasteiger partial charge in [0.1, 0.15) is 12.6 Å². The second-order valence-corrected chi connectivity index (χ2v) is 8.80. The number of esters is 1.